The third-order valence-electron chi connectivity index (χ3n) is 2.62. The Morgan fingerprint density at radius 3 is 2.58 bits per heavy atom. The van der Waals surface area contributed by atoms with Crippen LogP contribution in [-0.2, 0) is 0 Å². The SMILES string of the molecule is COc1cccc(-c2cc(N)c(C(=O)O)s2)c1OC. The standard InChI is InChI=1S/C13H13NO4S/c1-17-9-5-3-4-7(11(9)18-2)10-6-8(14)12(19-10)13(15)16/h3-6H,14H2,1-2H3,(H,15,16). The van der Waals surface area contributed by atoms with E-state index in [1.807, 2.05) is 12.1 Å². The van der Waals surface area contributed by atoms with Gasteiger partial charge in [-0.25, -0.2) is 4.79 Å². The summed E-state index contributed by atoms with van der Waals surface area (Å²) in [6.45, 7) is 0. The lowest BCUT2D eigenvalue weighted by Crippen LogP contribution is -1.96. The molecular formula is C13H13NO4S. The largest absolute Gasteiger partial charge is 0.493 e. The van der Waals surface area contributed by atoms with Crippen LogP contribution in [0.15, 0.2) is 24.3 Å². The Bertz CT molecular complexity index is 621. The Morgan fingerprint density at radius 1 is 1.32 bits per heavy atom. The molecule has 6 heteroatoms. The summed E-state index contributed by atoms with van der Waals surface area (Å²) in [5.74, 6) is 0.114. The average Bonchev–Trinajstić information content (AvgIpc) is 2.79. The summed E-state index contributed by atoms with van der Waals surface area (Å²) in [4.78, 5) is 11.9. The summed E-state index contributed by atoms with van der Waals surface area (Å²) < 4.78 is 10.5. The molecular weight excluding hydrogens is 266 g/mol. The fourth-order valence-corrected chi connectivity index (χ4v) is 2.73. The van der Waals surface area contributed by atoms with E-state index in [-0.39, 0.29) is 10.6 Å². The van der Waals surface area contributed by atoms with Gasteiger partial charge in [-0.3, -0.25) is 0 Å². The summed E-state index contributed by atoms with van der Waals surface area (Å²) in [7, 11) is 3.09. The first-order chi connectivity index (χ1) is 9.08. The van der Waals surface area contributed by atoms with Crippen molar-refractivity contribution in [3.8, 4) is 21.9 Å². The van der Waals surface area contributed by atoms with Gasteiger partial charge in [0.15, 0.2) is 11.5 Å². The van der Waals surface area contributed by atoms with E-state index in [4.69, 9.17) is 20.3 Å². The summed E-state index contributed by atoms with van der Waals surface area (Å²) in [6.07, 6.45) is 0. The van der Waals surface area contributed by atoms with Crippen LogP contribution in [-0.4, -0.2) is 25.3 Å². The smallest absolute Gasteiger partial charge is 0.348 e. The highest BCUT2D eigenvalue weighted by molar-refractivity contribution is 7.18. The summed E-state index contributed by atoms with van der Waals surface area (Å²) in [5.41, 5.74) is 6.70. The molecule has 5 nitrogen and oxygen atoms in total. The van der Waals surface area contributed by atoms with Gasteiger partial charge in [-0.1, -0.05) is 6.07 Å². The third-order valence-corrected chi connectivity index (χ3v) is 3.80. The van der Waals surface area contributed by atoms with Crippen molar-refractivity contribution in [3.63, 3.8) is 0 Å². The average molecular weight is 279 g/mol. The second-order valence-corrected chi connectivity index (χ2v) is 4.79. The number of nitrogens with two attached hydrogens (primary N) is 1. The van der Waals surface area contributed by atoms with Crippen LogP contribution in [0.4, 0.5) is 5.69 Å². The van der Waals surface area contributed by atoms with Crippen LogP contribution in [0.5, 0.6) is 11.5 Å². The van der Waals surface area contributed by atoms with Gasteiger partial charge in [0.05, 0.1) is 19.9 Å². The third kappa shape index (κ3) is 2.34. The number of anilines is 1. The van der Waals surface area contributed by atoms with Crippen molar-refractivity contribution in [1.29, 1.82) is 0 Å². The van der Waals surface area contributed by atoms with Gasteiger partial charge in [0.25, 0.3) is 0 Å². The lowest BCUT2D eigenvalue weighted by atomic mass is 10.1. The molecule has 0 spiro atoms. The minimum Gasteiger partial charge on any atom is -0.493 e. The van der Waals surface area contributed by atoms with E-state index < -0.39 is 5.97 Å². The van der Waals surface area contributed by atoms with Crippen LogP contribution in [0.25, 0.3) is 10.4 Å². The van der Waals surface area contributed by atoms with E-state index in [1.54, 1.807) is 19.2 Å². The van der Waals surface area contributed by atoms with Crippen LogP contribution in [0, 0.1) is 0 Å². The van der Waals surface area contributed by atoms with E-state index in [0.29, 0.717) is 11.5 Å². The Balaban J connectivity index is 2.59. The normalized spacial score (nSPS) is 10.2. The topological polar surface area (TPSA) is 81.8 Å². The molecule has 0 atom stereocenters. The van der Waals surface area contributed by atoms with Gasteiger partial charge in [-0.05, 0) is 18.2 Å². The minimum absolute atomic E-state index is 0.125. The molecule has 0 saturated carbocycles. The predicted octanol–water partition coefficient (Wildman–Crippen LogP) is 2.71. The molecule has 1 aromatic carbocycles. The number of ether oxygens (including phenoxy) is 2. The first-order valence-corrected chi connectivity index (χ1v) is 6.24. The van der Waals surface area contributed by atoms with Gasteiger partial charge < -0.3 is 20.3 Å². The molecule has 2 aromatic rings. The Kier molecular flexibility index (Phi) is 3.62. The second-order valence-electron chi connectivity index (χ2n) is 3.74. The lowest BCUT2D eigenvalue weighted by molar-refractivity contribution is 0.0703. The van der Waals surface area contributed by atoms with Gasteiger partial charge in [0, 0.05) is 10.4 Å². The summed E-state index contributed by atoms with van der Waals surface area (Å²) in [5, 5.41) is 9.03. The highest BCUT2D eigenvalue weighted by Crippen LogP contribution is 2.42. The Morgan fingerprint density at radius 2 is 2.05 bits per heavy atom. The molecule has 0 aliphatic carbocycles. The molecule has 0 aliphatic heterocycles. The predicted molar refractivity (Wildman–Crippen MR) is 74.2 cm³/mol. The van der Waals surface area contributed by atoms with E-state index in [0.717, 1.165) is 21.8 Å². The van der Waals surface area contributed by atoms with Crippen LogP contribution < -0.4 is 15.2 Å². The fourth-order valence-electron chi connectivity index (χ4n) is 1.79. The number of methoxy groups -OCH3 is 2. The molecule has 2 rings (SSSR count). The molecule has 0 bridgehead atoms. The van der Waals surface area contributed by atoms with Gasteiger partial charge in [-0.2, -0.15) is 0 Å². The summed E-state index contributed by atoms with van der Waals surface area (Å²) >= 11 is 1.11. The van der Waals surface area contributed by atoms with Crippen molar-refractivity contribution in [2.45, 2.75) is 0 Å². The Labute approximate surface area is 114 Å². The maximum absolute atomic E-state index is 11.0. The number of hydrogen-bond acceptors (Lipinski definition) is 5. The first kappa shape index (κ1) is 13.2. The molecule has 0 amide bonds. The maximum atomic E-state index is 11.0. The number of carboxylic acids is 1. The zero-order valence-electron chi connectivity index (χ0n) is 10.5. The Hall–Kier alpha value is -2.21. The zero-order chi connectivity index (χ0) is 14.0. The monoisotopic (exact) mass is 279 g/mol. The van der Waals surface area contributed by atoms with Crippen LogP contribution >= 0.6 is 11.3 Å². The number of aromatic carboxylic acids is 1. The highest BCUT2D eigenvalue weighted by atomic mass is 32.1. The molecule has 0 saturated heterocycles. The van der Waals surface area contributed by atoms with Gasteiger partial charge in [-0.15, -0.1) is 11.3 Å². The number of rotatable bonds is 4. The first-order valence-electron chi connectivity index (χ1n) is 5.42. The molecule has 1 heterocycles. The minimum atomic E-state index is -1.03. The number of carboxylic acid groups (broad SMARTS) is 1. The van der Waals surface area contributed by atoms with E-state index >= 15 is 0 Å². The molecule has 0 fully saturated rings. The lowest BCUT2D eigenvalue weighted by Gasteiger charge is -2.11. The maximum Gasteiger partial charge on any atom is 0.348 e. The molecule has 0 unspecified atom stereocenters. The fraction of sp³-hybridized carbons (Fsp3) is 0.154. The number of para-hydroxylation sites is 1. The second kappa shape index (κ2) is 5.19. The van der Waals surface area contributed by atoms with E-state index in [1.165, 1.54) is 7.11 Å². The van der Waals surface area contributed by atoms with Crippen LogP contribution in [0.1, 0.15) is 9.67 Å². The number of thiophene rings is 1. The number of nitrogen functional groups attached to an aromatic ring is 1. The van der Waals surface area contributed by atoms with Crippen molar-refractivity contribution in [3.05, 3.63) is 29.1 Å². The van der Waals surface area contributed by atoms with Crippen molar-refractivity contribution in [2.75, 3.05) is 20.0 Å². The van der Waals surface area contributed by atoms with Crippen LogP contribution in [0.3, 0.4) is 0 Å². The molecule has 1 aromatic heterocycles. The zero-order valence-corrected chi connectivity index (χ0v) is 11.3. The van der Waals surface area contributed by atoms with Gasteiger partial charge in [0.1, 0.15) is 4.88 Å². The summed E-state index contributed by atoms with van der Waals surface area (Å²) in [6, 6.07) is 7.05. The number of carbonyl (C=O) groups is 1. The van der Waals surface area contributed by atoms with Crippen molar-refractivity contribution >= 4 is 23.0 Å². The number of hydrogen-bond donors (Lipinski definition) is 2. The van der Waals surface area contributed by atoms with Gasteiger partial charge in [0.2, 0.25) is 0 Å². The van der Waals surface area contributed by atoms with Gasteiger partial charge >= 0.3 is 5.97 Å². The number of benzene rings is 1. The van der Waals surface area contributed by atoms with Crippen LogP contribution in [0.2, 0.25) is 0 Å². The molecule has 19 heavy (non-hydrogen) atoms. The highest BCUT2D eigenvalue weighted by Gasteiger charge is 2.18. The molecule has 3 N–H and O–H groups in total. The van der Waals surface area contributed by atoms with Crippen molar-refractivity contribution in [1.82, 2.24) is 0 Å². The van der Waals surface area contributed by atoms with E-state index in [9.17, 15) is 4.79 Å². The van der Waals surface area contributed by atoms with Crippen molar-refractivity contribution in [2.24, 2.45) is 0 Å². The van der Waals surface area contributed by atoms with E-state index in [2.05, 4.69) is 0 Å². The molecule has 100 valence electrons. The van der Waals surface area contributed by atoms with Crippen molar-refractivity contribution < 1.29 is 19.4 Å². The molecule has 0 radical (unpaired) electrons. The molecule has 0 aliphatic rings. The quantitative estimate of drug-likeness (QED) is 0.899.